The molecule has 0 atom stereocenters. The van der Waals surface area contributed by atoms with Gasteiger partial charge in [0.2, 0.25) is 0 Å². The van der Waals surface area contributed by atoms with Gasteiger partial charge in [-0.05, 0) is 85.8 Å². The van der Waals surface area contributed by atoms with Crippen LogP contribution in [-0.2, 0) is 0 Å². The minimum Gasteiger partial charge on any atom is -0.453 e. The van der Waals surface area contributed by atoms with Crippen LogP contribution in [0.25, 0.3) is 97.0 Å². The molecule has 12 rings (SSSR count). The molecule has 0 N–H and O–H groups in total. The normalized spacial score (nSPS) is 11.7. The van der Waals surface area contributed by atoms with Gasteiger partial charge >= 0.3 is 0 Å². The Bertz CT molecular complexity index is 3550. The summed E-state index contributed by atoms with van der Waals surface area (Å²) in [5.74, 6) is 0. The molecule has 2 heterocycles. The van der Waals surface area contributed by atoms with Crippen molar-refractivity contribution in [1.82, 2.24) is 0 Å². The maximum Gasteiger partial charge on any atom is 0.159 e. The minimum atomic E-state index is 0.852. The van der Waals surface area contributed by atoms with Crippen molar-refractivity contribution in [2.75, 3.05) is 4.90 Å². The predicted octanol–water partition coefficient (Wildman–Crippen LogP) is 16.7. The van der Waals surface area contributed by atoms with Crippen molar-refractivity contribution in [3.8, 4) is 33.4 Å². The molecule has 276 valence electrons. The van der Waals surface area contributed by atoms with Gasteiger partial charge in [0.1, 0.15) is 5.58 Å². The van der Waals surface area contributed by atoms with Crippen LogP contribution in [0.4, 0.5) is 17.1 Å². The molecule has 0 aliphatic carbocycles. The molecule has 2 nitrogen and oxygen atoms in total. The highest BCUT2D eigenvalue weighted by atomic mass is 32.1. The molecule has 10 aromatic carbocycles. The monoisotopic (exact) mass is 769 g/mol. The maximum absolute atomic E-state index is 7.21. The summed E-state index contributed by atoms with van der Waals surface area (Å²) in [5.41, 5.74) is 11.8. The van der Waals surface area contributed by atoms with Crippen LogP contribution in [0.2, 0.25) is 0 Å². The second-order valence-electron chi connectivity index (χ2n) is 15.3. The van der Waals surface area contributed by atoms with Crippen LogP contribution < -0.4 is 4.90 Å². The van der Waals surface area contributed by atoms with E-state index in [4.69, 9.17) is 4.42 Å². The Morgan fingerprint density at radius 2 is 0.949 bits per heavy atom. The molecule has 0 unspecified atom stereocenters. The summed E-state index contributed by atoms with van der Waals surface area (Å²) in [6, 6.07) is 76.8. The third-order valence-electron chi connectivity index (χ3n) is 11.8. The van der Waals surface area contributed by atoms with Gasteiger partial charge in [0.05, 0.1) is 16.1 Å². The largest absolute Gasteiger partial charge is 0.453 e. The summed E-state index contributed by atoms with van der Waals surface area (Å²) in [6.07, 6.45) is 0. The molecule has 0 saturated heterocycles. The molecule has 0 saturated carbocycles. The number of benzene rings is 10. The number of hydrogen-bond acceptors (Lipinski definition) is 3. The zero-order valence-corrected chi connectivity index (χ0v) is 32.8. The van der Waals surface area contributed by atoms with Gasteiger partial charge < -0.3 is 9.32 Å². The Balaban J connectivity index is 1.15. The van der Waals surface area contributed by atoms with E-state index in [1.165, 1.54) is 52.8 Å². The van der Waals surface area contributed by atoms with Gasteiger partial charge in [-0.15, -0.1) is 11.3 Å². The molecule has 59 heavy (non-hydrogen) atoms. The van der Waals surface area contributed by atoms with Crippen LogP contribution in [0.15, 0.2) is 217 Å². The Kier molecular flexibility index (Phi) is 7.75. The molecule has 0 radical (unpaired) electrons. The Morgan fingerprint density at radius 1 is 0.322 bits per heavy atom. The number of thiophene rings is 1. The first kappa shape index (κ1) is 33.7. The zero-order chi connectivity index (χ0) is 38.9. The van der Waals surface area contributed by atoms with Crippen LogP contribution in [-0.4, -0.2) is 0 Å². The molecule has 0 bridgehead atoms. The fourth-order valence-corrected chi connectivity index (χ4v) is 10.3. The maximum atomic E-state index is 7.21. The van der Waals surface area contributed by atoms with Gasteiger partial charge in [-0.25, -0.2) is 0 Å². The van der Waals surface area contributed by atoms with Gasteiger partial charge in [-0.3, -0.25) is 0 Å². The third-order valence-corrected chi connectivity index (χ3v) is 13.1. The molecule has 0 spiro atoms. The van der Waals surface area contributed by atoms with Crippen molar-refractivity contribution in [1.29, 1.82) is 0 Å². The number of furan rings is 1. The summed E-state index contributed by atoms with van der Waals surface area (Å²) in [5, 5.41) is 9.71. The van der Waals surface area contributed by atoms with Gasteiger partial charge in [0.15, 0.2) is 5.58 Å². The van der Waals surface area contributed by atoms with Crippen LogP contribution in [0.1, 0.15) is 0 Å². The van der Waals surface area contributed by atoms with E-state index in [2.05, 4.69) is 217 Å². The van der Waals surface area contributed by atoms with Gasteiger partial charge in [0.25, 0.3) is 0 Å². The van der Waals surface area contributed by atoms with E-state index in [9.17, 15) is 0 Å². The summed E-state index contributed by atoms with van der Waals surface area (Å²) in [7, 11) is 0. The fourth-order valence-electron chi connectivity index (χ4n) is 8.96. The van der Waals surface area contributed by atoms with Crippen molar-refractivity contribution in [3.05, 3.63) is 212 Å². The van der Waals surface area contributed by atoms with E-state index < -0.39 is 0 Å². The molecule has 0 aliphatic rings. The van der Waals surface area contributed by atoms with Gasteiger partial charge in [0, 0.05) is 37.5 Å². The van der Waals surface area contributed by atoms with Crippen molar-refractivity contribution in [2.45, 2.75) is 0 Å². The first-order chi connectivity index (χ1) is 29.2. The lowest BCUT2D eigenvalue weighted by Crippen LogP contribution is -2.10. The van der Waals surface area contributed by atoms with Crippen molar-refractivity contribution >= 4 is 92.1 Å². The van der Waals surface area contributed by atoms with Crippen LogP contribution in [0.3, 0.4) is 0 Å². The average Bonchev–Trinajstić information content (AvgIpc) is 3.89. The molecular weight excluding hydrogens is 735 g/mol. The van der Waals surface area contributed by atoms with E-state index in [0.29, 0.717) is 0 Å². The Hall–Kier alpha value is -7.46. The van der Waals surface area contributed by atoms with Gasteiger partial charge in [-0.2, -0.15) is 0 Å². The van der Waals surface area contributed by atoms with Gasteiger partial charge in [-0.1, -0.05) is 176 Å². The third kappa shape index (κ3) is 5.55. The molecule has 0 amide bonds. The van der Waals surface area contributed by atoms with Crippen molar-refractivity contribution in [2.24, 2.45) is 0 Å². The van der Waals surface area contributed by atoms with Crippen molar-refractivity contribution < 1.29 is 4.42 Å². The zero-order valence-electron chi connectivity index (χ0n) is 32.0. The lowest BCUT2D eigenvalue weighted by Gasteiger charge is -2.27. The molecule has 12 aromatic rings. The van der Waals surface area contributed by atoms with E-state index in [0.717, 1.165) is 61.3 Å². The lowest BCUT2D eigenvalue weighted by atomic mass is 9.98. The summed E-state index contributed by atoms with van der Waals surface area (Å²) in [6.45, 7) is 0. The molecule has 0 aliphatic heterocycles. The smallest absolute Gasteiger partial charge is 0.159 e. The first-order valence-corrected chi connectivity index (χ1v) is 20.9. The van der Waals surface area contributed by atoms with Crippen molar-refractivity contribution in [3.63, 3.8) is 0 Å². The molecule has 3 heteroatoms. The first-order valence-electron chi connectivity index (χ1n) is 20.1. The topological polar surface area (TPSA) is 16.4 Å². The number of hydrogen-bond donors (Lipinski definition) is 0. The number of anilines is 3. The predicted molar refractivity (Wildman–Crippen MR) is 253 cm³/mol. The lowest BCUT2D eigenvalue weighted by molar-refractivity contribution is 0.670. The summed E-state index contributed by atoms with van der Waals surface area (Å²) >= 11 is 1.88. The highest BCUT2D eigenvalue weighted by Crippen LogP contribution is 2.50. The summed E-state index contributed by atoms with van der Waals surface area (Å²) < 4.78 is 9.74. The number of para-hydroxylation sites is 1. The number of fused-ring (bicyclic) bond motifs is 9. The average molecular weight is 770 g/mol. The van der Waals surface area contributed by atoms with Crippen LogP contribution in [0, 0.1) is 0 Å². The Morgan fingerprint density at radius 3 is 1.78 bits per heavy atom. The van der Waals surface area contributed by atoms with Crippen LogP contribution >= 0.6 is 11.3 Å². The standard InChI is InChI=1S/C56H35NOS/c1-3-13-36(14-4-1)43-34-50-47-22-11-21-45(39-16-5-2-6-17-39)53(47)58-54(50)52(35-43)57(44-30-27-38(28-31-44)42-26-25-37-15-7-8-19-41(37)33-42)51-24-12-23-48-49-32-29-40-18-9-10-20-46(40)55(49)59-56(48)51/h1-35H. The number of rotatable bonds is 6. The second-order valence-corrected chi connectivity index (χ2v) is 16.3. The second kappa shape index (κ2) is 13.6. The SMILES string of the molecule is c1ccc(-c2cc(N(c3ccc(-c4ccc5ccccc5c4)cc3)c3cccc4c3sc3c5ccccc5ccc43)c3oc4c(-c5ccccc5)cccc4c3c2)cc1. The molecule has 2 aromatic heterocycles. The summed E-state index contributed by atoms with van der Waals surface area (Å²) in [4.78, 5) is 2.43. The highest BCUT2D eigenvalue weighted by Gasteiger charge is 2.25. The quantitative estimate of drug-likeness (QED) is 0.167. The van der Waals surface area contributed by atoms with Crippen LogP contribution in [0.5, 0.6) is 0 Å². The van der Waals surface area contributed by atoms with E-state index in [1.54, 1.807) is 0 Å². The fraction of sp³-hybridized carbons (Fsp3) is 0. The van der Waals surface area contributed by atoms with E-state index in [-0.39, 0.29) is 0 Å². The number of nitrogens with zero attached hydrogens (tertiary/aromatic N) is 1. The van der Waals surface area contributed by atoms with E-state index in [1.807, 2.05) is 11.3 Å². The minimum absolute atomic E-state index is 0.852. The highest BCUT2D eigenvalue weighted by molar-refractivity contribution is 7.27. The van der Waals surface area contributed by atoms with E-state index >= 15 is 0 Å². The molecule has 0 fully saturated rings. The molecular formula is C56H35NOS. The Labute approximate surface area is 345 Å².